The smallest absolute Gasteiger partial charge is 0.336 e. The highest BCUT2D eigenvalue weighted by atomic mass is 16.6. The van der Waals surface area contributed by atoms with E-state index in [1.54, 1.807) is 18.2 Å². The van der Waals surface area contributed by atoms with Gasteiger partial charge in [0.05, 0.1) is 24.7 Å². The lowest BCUT2D eigenvalue weighted by atomic mass is 9.71. The average Bonchev–Trinajstić information content (AvgIpc) is 3.30. The molecule has 1 N–H and O–H groups in total. The van der Waals surface area contributed by atoms with Crippen LogP contribution in [-0.2, 0) is 23.9 Å². The van der Waals surface area contributed by atoms with Gasteiger partial charge in [-0.25, -0.2) is 4.79 Å². The number of Topliss-reactive ketones (excluding diaryl/α,β-unsaturated/α-hetero) is 1. The second-order valence-electron chi connectivity index (χ2n) is 8.52. The molecule has 1 saturated heterocycles. The van der Waals surface area contributed by atoms with Crippen molar-refractivity contribution in [3.05, 3.63) is 46.8 Å². The standard InChI is InChI=1S/C25H29NO7/c1-14-22(25(29)32-13-17-6-5-11-31-17)23(24-18(26-14)7-4-8-19(24)28)16-9-10-20(33-15(2)27)21(12-16)30-3/h7,9-10,12,17,23-24,26H,4-6,8,11,13H2,1-3H3. The van der Waals surface area contributed by atoms with E-state index in [9.17, 15) is 14.4 Å². The number of rotatable bonds is 6. The van der Waals surface area contributed by atoms with Crippen LogP contribution in [0.1, 0.15) is 51.0 Å². The molecular formula is C25H29NO7. The Kier molecular flexibility index (Phi) is 6.83. The highest BCUT2D eigenvalue weighted by Gasteiger charge is 2.43. The molecule has 1 aliphatic carbocycles. The molecule has 0 saturated carbocycles. The first kappa shape index (κ1) is 23.0. The summed E-state index contributed by atoms with van der Waals surface area (Å²) in [6, 6.07) is 5.10. The molecule has 33 heavy (non-hydrogen) atoms. The van der Waals surface area contributed by atoms with E-state index in [4.69, 9.17) is 18.9 Å². The number of esters is 2. The second-order valence-corrected chi connectivity index (χ2v) is 8.52. The number of fused-ring (bicyclic) bond motifs is 1. The van der Waals surface area contributed by atoms with Crippen LogP contribution in [0.25, 0.3) is 0 Å². The van der Waals surface area contributed by atoms with Gasteiger partial charge in [0.2, 0.25) is 0 Å². The minimum Gasteiger partial charge on any atom is -0.493 e. The fourth-order valence-electron chi connectivity index (χ4n) is 4.78. The van der Waals surface area contributed by atoms with Gasteiger partial charge in [-0.05, 0) is 43.9 Å². The molecule has 8 heteroatoms. The van der Waals surface area contributed by atoms with Gasteiger partial charge >= 0.3 is 11.9 Å². The molecular weight excluding hydrogens is 426 g/mol. The first-order chi connectivity index (χ1) is 15.9. The Bertz CT molecular complexity index is 1020. The van der Waals surface area contributed by atoms with E-state index in [-0.39, 0.29) is 24.2 Å². The second kappa shape index (κ2) is 9.79. The monoisotopic (exact) mass is 455 g/mol. The van der Waals surface area contributed by atoms with E-state index in [1.165, 1.54) is 14.0 Å². The maximum Gasteiger partial charge on any atom is 0.336 e. The Morgan fingerprint density at radius 2 is 2.03 bits per heavy atom. The lowest BCUT2D eigenvalue weighted by molar-refractivity contribution is -0.143. The van der Waals surface area contributed by atoms with Crippen LogP contribution in [0.2, 0.25) is 0 Å². The lowest BCUT2D eigenvalue weighted by Crippen LogP contribution is -2.41. The van der Waals surface area contributed by atoms with Gasteiger partial charge in [-0.2, -0.15) is 0 Å². The predicted octanol–water partition coefficient (Wildman–Crippen LogP) is 3.17. The van der Waals surface area contributed by atoms with Crippen LogP contribution in [0.4, 0.5) is 0 Å². The van der Waals surface area contributed by atoms with Crippen LogP contribution in [0.15, 0.2) is 41.2 Å². The number of hydrogen-bond acceptors (Lipinski definition) is 8. The van der Waals surface area contributed by atoms with E-state index < -0.39 is 23.8 Å². The third kappa shape index (κ3) is 4.80. The Hall–Kier alpha value is -3.13. The number of ketones is 1. The third-order valence-electron chi connectivity index (χ3n) is 6.26. The molecule has 2 heterocycles. The number of carbonyl (C=O) groups is 3. The van der Waals surface area contributed by atoms with Crippen molar-refractivity contribution in [3.63, 3.8) is 0 Å². The van der Waals surface area contributed by atoms with Crippen LogP contribution in [0.3, 0.4) is 0 Å². The molecule has 3 atom stereocenters. The number of allylic oxidation sites excluding steroid dienone is 3. The number of nitrogens with one attached hydrogen (secondary N) is 1. The summed E-state index contributed by atoms with van der Waals surface area (Å²) in [4.78, 5) is 37.8. The van der Waals surface area contributed by atoms with Crippen LogP contribution in [0, 0.1) is 5.92 Å². The summed E-state index contributed by atoms with van der Waals surface area (Å²) >= 11 is 0. The van der Waals surface area contributed by atoms with Crippen molar-refractivity contribution in [2.75, 3.05) is 20.3 Å². The molecule has 0 bridgehead atoms. The van der Waals surface area contributed by atoms with Crippen LogP contribution < -0.4 is 14.8 Å². The van der Waals surface area contributed by atoms with Crippen molar-refractivity contribution < 1.29 is 33.3 Å². The van der Waals surface area contributed by atoms with Crippen LogP contribution >= 0.6 is 0 Å². The fraction of sp³-hybridized carbons (Fsp3) is 0.480. The molecule has 1 aromatic rings. The summed E-state index contributed by atoms with van der Waals surface area (Å²) in [6.45, 7) is 3.98. The molecule has 0 radical (unpaired) electrons. The van der Waals surface area contributed by atoms with E-state index in [2.05, 4.69) is 5.32 Å². The van der Waals surface area contributed by atoms with Gasteiger partial charge in [-0.1, -0.05) is 12.1 Å². The molecule has 176 valence electrons. The molecule has 1 fully saturated rings. The van der Waals surface area contributed by atoms with Gasteiger partial charge in [0.15, 0.2) is 11.5 Å². The third-order valence-corrected chi connectivity index (χ3v) is 6.26. The number of carbonyl (C=O) groups excluding carboxylic acids is 3. The molecule has 0 amide bonds. The van der Waals surface area contributed by atoms with Gasteiger partial charge in [-0.3, -0.25) is 9.59 Å². The SMILES string of the molecule is COc1cc(C2C(C(=O)OCC3CCCO3)=C(C)NC3=CCCC(=O)C32)ccc1OC(C)=O. The minimum atomic E-state index is -0.553. The molecule has 1 aromatic carbocycles. The Morgan fingerprint density at radius 3 is 2.73 bits per heavy atom. The molecule has 0 aromatic heterocycles. The van der Waals surface area contributed by atoms with Gasteiger partial charge in [0.25, 0.3) is 0 Å². The number of benzene rings is 1. The topological polar surface area (TPSA) is 100 Å². The van der Waals surface area contributed by atoms with E-state index >= 15 is 0 Å². The van der Waals surface area contributed by atoms with Crippen molar-refractivity contribution in [1.82, 2.24) is 5.32 Å². The van der Waals surface area contributed by atoms with Crippen molar-refractivity contribution in [1.29, 1.82) is 0 Å². The maximum atomic E-state index is 13.3. The van der Waals surface area contributed by atoms with Crippen LogP contribution in [-0.4, -0.2) is 44.1 Å². The zero-order valence-corrected chi connectivity index (χ0v) is 19.1. The largest absolute Gasteiger partial charge is 0.493 e. The highest BCUT2D eigenvalue weighted by molar-refractivity contribution is 5.96. The summed E-state index contributed by atoms with van der Waals surface area (Å²) in [7, 11) is 1.48. The van der Waals surface area contributed by atoms with Crippen molar-refractivity contribution >= 4 is 17.7 Å². The summed E-state index contributed by atoms with van der Waals surface area (Å²) in [6.07, 6.45) is 4.79. The van der Waals surface area contributed by atoms with Gasteiger partial charge in [-0.15, -0.1) is 0 Å². The maximum absolute atomic E-state index is 13.3. The quantitative estimate of drug-likeness (QED) is 0.516. The first-order valence-corrected chi connectivity index (χ1v) is 11.2. The summed E-state index contributed by atoms with van der Waals surface area (Å²) in [5.41, 5.74) is 2.57. The summed E-state index contributed by atoms with van der Waals surface area (Å²) in [5.74, 6) is -1.34. The molecule has 3 unspecified atom stereocenters. The van der Waals surface area contributed by atoms with E-state index in [0.717, 1.165) is 18.5 Å². The zero-order valence-electron chi connectivity index (χ0n) is 19.1. The Labute approximate surface area is 192 Å². The van der Waals surface area contributed by atoms with Gasteiger partial charge in [0.1, 0.15) is 12.4 Å². The van der Waals surface area contributed by atoms with Gasteiger partial charge in [0, 0.05) is 37.3 Å². The Morgan fingerprint density at radius 1 is 1.21 bits per heavy atom. The number of hydrogen-bond donors (Lipinski definition) is 1. The molecule has 0 spiro atoms. The molecule has 4 rings (SSSR count). The van der Waals surface area contributed by atoms with E-state index in [1.807, 2.05) is 13.0 Å². The average molecular weight is 456 g/mol. The molecule has 2 aliphatic heterocycles. The van der Waals surface area contributed by atoms with Crippen LogP contribution in [0.5, 0.6) is 11.5 Å². The van der Waals surface area contributed by atoms with E-state index in [0.29, 0.717) is 42.0 Å². The fourth-order valence-corrected chi connectivity index (χ4v) is 4.78. The first-order valence-electron chi connectivity index (χ1n) is 11.2. The minimum absolute atomic E-state index is 0.0601. The number of ether oxygens (including phenoxy) is 4. The van der Waals surface area contributed by atoms with Crippen molar-refractivity contribution in [2.24, 2.45) is 5.92 Å². The lowest BCUT2D eigenvalue weighted by Gasteiger charge is -2.38. The normalized spacial score (nSPS) is 24.5. The van der Waals surface area contributed by atoms with Crippen molar-refractivity contribution in [2.45, 2.75) is 51.6 Å². The van der Waals surface area contributed by atoms with Gasteiger partial charge < -0.3 is 24.3 Å². The summed E-state index contributed by atoms with van der Waals surface area (Å²) < 4.78 is 21.9. The molecule has 3 aliphatic rings. The Balaban J connectivity index is 1.73. The summed E-state index contributed by atoms with van der Waals surface area (Å²) in [5, 5.41) is 3.26. The van der Waals surface area contributed by atoms with Crippen molar-refractivity contribution in [3.8, 4) is 11.5 Å². The molecule has 8 nitrogen and oxygen atoms in total. The predicted molar refractivity (Wildman–Crippen MR) is 119 cm³/mol. The zero-order chi connectivity index (χ0) is 23.5. The number of methoxy groups -OCH3 is 1. The highest BCUT2D eigenvalue weighted by Crippen LogP contribution is 2.45.